The molecule has 0 saturated carbocycles. The molecule has 0 unspecified atom stereocenters. The van der Waals surface area contributed by atoms with Crippen molar-refractivity contribution in [2.75, 3.05) is 0 Å². The number of hydrogen-bond donors (Lipinski definition) is 1. The Morgan fingerprint density at radius 1 is 1.43 bits per heavy atom. The van der Waals surface area contributed by atoms with Crippen molar-refractivity contribution in [2.45, 2.75) is 26.3 Å². The lowest BCUT2D eigenvalue weighted by Crippen LogP contribution is -2.47. The first-order valence-electron chi connectivity index (χ1n) is 7.10. The maximum atomic E-state index is 12.6. The van der Waals surface area contributed by atoms with Crippen LogP contribution >= 0.6 is 39.9 Å². The molecule has 1 aromatic rings. The van der Waals surface area contributed by atoms with Crippen LogP contribution in [0.15, 0.2) is 33.6 Å². The number of carbonyl (C=O) groups excluding carboxylic acids is 1. The van der Waals surface area contributed by atoms with Gasteiger partial charge in [-0.15, -0.1) is 0 Å². The van der Waals surface area contributed by atoms with E-state index in [1.807, 2.05) is 38.1 Å². The number of carboxylic acid groups (broad SMARTS) is 1. The van der Waals surface area contributed by atoms with Crippen LogP contribution < -0.4 is 0 Å². The van der Waals surface area contributed by atoms with Crippen molar-refractivity contribution in [1.29, 1.82) is 0 Å². The fourth-order valence-corrected chi connectivity index (χ4v) is 3.86. The topological polar surface area (TPSA) is 57.6 Å². The number of benzene rings is 1. The van der Waals surface area contributed by atoms with Gasteiger partial charge in [0.05, 0.1) is 4.91 Å². The number of halogens is 1. The molecular weight excluding hydrogens is 398 g/mol. The van der Waals surface area contributed by atoms with Crippen molar-refractivity contribution < 1.29 is 14.7 Å². The monoisotopic (exact) mass is 413 g/mol. The number of rotatable bonds is 5. The molecule has 1 heterocycles. The molecule has 2 rings (SSSR count). The van der Waals surface area contributed by atoms with Gasteiger partial charge in [-0.3, -0.25) is 9.69 Å². The molecule has 1 aliphatic rings. The predicted octanol–water partition coefficient (Wildman–Crippen LogP) is 4.15. The molecule has 122 valence electrons. The zero-order valence-electron chi connectivity index (χ0n) is 12.7. The first kappa shape index (κ1) is 18.2. The number of carbonyl (C=O) groups is 2. The number of aliphatic carboxylic acids is 1. The summed E-state index contributed by atoms with van der Waals surface area (Å²) in [5.74, 6) is -1.54. The third kappa shape index (κ3) is 4.02. The quantitative estimate of drug-likeness (QED) is 0.580. The lowest BCUT2D eigenvalue weighted by atomic mass is 9.98. The Balaban J connectivity index is 2.32. The van der Waals surface area contributed by atoms with E-state index in [0.29, 0.717) is 15.6 Å². The van der Waals surface area contributed by atoms with Crippen molar-refractivity contribution in [3.05, 3.63) is 39.2 Å². The number of nitrogens with zero attached hydrogens (tertiary/aromatic N) is 1. The summed E-state index contributed by atoms with van der Waals surface area (Å²) in [6.07, 6.45) is 2.39. The second-order valence-electron chi connectivity index (χ2n) is 5.27. The standard InChI is InChI=1S/C16H16BrNO3S2/c1-3-9(2)13(15(20)21)18-14(19)12(23-16(18)22)8-10-4-6-11(17)7-5-10/h4-9,13H,3H2,1-2H3,(H,20,21)/b12-8-/t9-,13-/m0/s1. The summed E-state index contributed by atoms with van der Waals surface area (Å²) in [5.41, 5.74) is 0.865. The molecule has 0 aliphatic carbocycles. The van der Waals surface area contributed by atoms with Gasteiger partial charge in [0.2, 0.25) is 0 Å². The van der Waals surface area contributed by atoms with Crippen molar-refractivity contribution in [3.63, 3.8) is 0 Å². The van der Waals surface area contributed by atoms with Crippen LogP contribution in [0.2, 0.25) is 0 Å². The molecule has 1 N–H and O–H groups in total. The van der Waals surface area contributed by atoms with E-state index in [2.05, 4.69) is 15.9 Å². The molecule has 23 heavy (non-hydrogen) atoms. The Hall–Kier alpha value is -1.18. The van der Waals surface area contributed by atoms with Gasteiger partial charge in [-0.05, 0) is 29.7 Å². The first-order chi connectivity index (χ1) is 10.8. The maximum absolute atomic E-state index is 12.6. The Bertz CT molecular complexity index is 672. The molecule has 1 aliphatic heterocycles. The fourth-order valence-electron chi connectivity index (χ4n) is 2.26. The largest absolute Gasteiger partial charge is 0.480 e. The lowest BCUT2D eigenvalue weighted by molar-refractivity contribution is -0.147. The third-order valence-electron chi connectivity index (χ3n) is 3.71. The Morgan fingerprint density at radius 3 is 2.57 bits per heavy atom. The second kappa shape index (κ2) is 7.59. The summed E-state index contributed by atoms with van der Waals surface area (Å²) in [7, 11) is 0. The lowest BCUT2D eigenvalue weighted by Gasteiger charge is -2.27. The summed E-state index contributed by atoms with van der Waals surface area (Å²) in [5, 5.41) is 9.49. The van der Waals surface area contributed by atoms with E-state index in [4.69, 9.17) is 12.2 Å². The van der Waals surface area contributed by atoms with E-state index in [9.17, 15) is 14.7 Å². The summed E-state index contributed by atoms with van der Waals surface area (Å²) in [6, 6.07) is 6.58. The zero-order chi connectivity index (χ0) is 17.1. The van der Waals surface area contributed by atoms with E-state index in [0.717, 1.165) is 21.8 Å². The van der Waals surface area contributed by atoms with Crippen LogP contribution in [0.5, 0.6) is 0 Å². The van der Waals surface area contributed by atoms with Crippen molar-refractivity contribution in [1.82, 2.24) is 4.90 Å². The van der Waals surface area contributed by atoms with Gasteiger partial charge >= 0.3 is 5.97 Å². The SMILES string of the molecule is CC[C@H](C)[C@@H](C(=O)O)N1C(=O)/C(=C/c2ccc(Br)cc2)SC1=S. The number of carboxylic acids is 1. The Kier molecular flexibility index (Phi) is 6.00. The van der Waals surface area contributed by atoms with Gasteiger partial charge in [0.25, 0.3) is 5.91 Å². The van der Waals surface area contributed by atoms with Gasteiger partial charge in [-0.25, -0.2) is 4.79 Å². The number of hydrogen-bond acceptors (Lipinski definition) is 4. The smallest absolute Gasteiger partial charge is 0.327 e. The molecule has 2 atom stereocenters. The minimum Gasteiger partial charge on any atom is -0.480 e. The summed E-state index contributed by atoms with van der Waals surface area (Å²) in [6.45, 7) is 3.71. The maximum Gasteiger partial charge on any atom is 0.327 e. The van der Waals surface area contributed by atoms with Crippen molar-refractivity contribution >= 4 is 62.2 Å². The second-order valence-corrected chi connectivity index (χ2v) is 7.86. The van der Waals surface area contributed by atoms with Crippen LogP contribution in [0.3, 0.4) is 0 Å². The van der Waals surface area contributed by atoms with Crippen LogP contribution in [0.4, 0.5) is 0 Å². The van der Waals surface area contributed by atoms with Crippen LogP contribution in [-0.4, -0.2) is 32.2 Å². The molecule has 0 bridgehead atoms. The van der Waals surface area contributed by atoms with E-state index in [1.165, 1.54) is 4.90 Å². The van der Waals surface area contributed by atoms with Gasteiger partial charge in [0, 0.05) is 4.47 Å². The van der Waals surface area contributed by atoms with Crippen LogP contribution in [0.25, 0.3) is 6.08 Å². The molecule has 4 nitrogen and oxygen atoms in total. The molecule has 1 amide bonds. The van der Waals surface area contributed by atoms with E-state index in [-0.39, 0.29) is 11.8 Å². The average Bonchev–Trinajstić information content (AvgIpc) is 2.77. The highest BCUT2D eigenvalue weighted by atomic mass is 79.9. The zero-order valence-corrected chi connectivity index (χ0v) is 15.9. The molecule has 0 radical (unpaired) electrons. The summed E-state index contributed by atoms with van der Waals surface area (Å²) in [4.78, 5) is 25.9. The third-order valence-corrected chi connectivity index (χ3v) is 5.56. The molecular formula is C16H16BrNO3S2. The molecule has 0 spiro atoms. The first-order valence-corrected chi connectivity index (χ1v) is 9.12. The van der Waals surface area contributed by atoms with Gasteiger partial charge in [0.1, 0.15) is 10.4 Å². The van der Waals surface area contributed by atoms with E-state index < -0.39 is 12.0 Å². The summed E-state index contributed by atoms with van der Waals surface area (Å²) >= 11 is 9.76. The van der Waals surface area contributed by atoms with Crippen LogP contribution in [0, 0.1) is 5.92 Å². The van der Waals surface area contributed by atoms with Crippen LogP contribution in [-0.2, 0) is 9.59 Å². The average molecular weight is 414 g/mol. The number of amides is 1. The highest BCUT2D eigenvalue weighted by Crippen LogP contribution is 2.36. The van der Waals surface area contributed by atoms with E-state index in [1.54, 1.807) is 6.08 Å². The molecule has 0 aromatic heterocycles. The Labute approximate surface area is 153 Å². The Morgan fingerprint density at radius 2 is 2.04 bits per heavy atom. The van der Waals surface area contributed by atoms with Gasteiger partial charge in [0.15, 0.2) is 0 Å². The highest BCUT2D eigenvalue weighted by Gasteiger charge is 2.42. The fraction of sp³-hybridized carbons (Fsp3) is 0.312. The number of thioether (sulfide) groups is 1. The summed E-state index contributed by atoms with van der Waals surface area (Å²) < 4.78 is 1.25. The van der Waals surface area contributed by atoms with Crippen molar-refractivity contribution in [2.24, 2.45) is 5.92 Å². The molecule has 7 heteroatoms. The van der Waals surface area contributed by atoms with Crippen LogP contribution in [0.1, 0.15) is 25.8 Å². The minimum absolute atomic E-state index is 0.179. The van der Waals surface area contributed by atoms with Crippen molar-refractivity contribution in [3.8, 4) is 0 Å². The molecule has 1 aromatic carbocycles. The van der Waals surface area contributed by atoms with E-state index >= 15 is 0 Å². The predicted molar refractivity (Wildman–Crippen MR) is 100 cm³/mol. The molecule has 1 saturated heterocycles. The number of thiocarbonyl (C=S) groups is 1. The molecule has 1 fully saturated rings. The van der Waals surface area contributed by atoms with Gasteiger partial charge in [-0.2, -0.15) is 0 Å². The van der Waals surface area contributed by atoms with Gasteiger partial charge < -0.3 is 5.11 Å². The minimum atomic E-state index is -1.03. The highest BCUT2D eigenvalue weighted by molar-refractivity contribution is 9.10. The van der Waals surface area contributed by atoms with Gasteiger partial charge in [-0.1, -0.05) is 72.3 Å². The normalized spacial score (nSPS) is 19.3.